The maximum absolute atomic E-state index is 12.1. The molecule has 0 aliphatic carbocycles. The average Bonchev–Trinajstić information content (AvgIpc) is 2.73. The predicted octanol–water partition coefficient (Wildman–Crippen LogP) is 0.305. The Hall–Kier alpha value is -1.34. The summed E-state index contributed by atoms with van der Waals surface area (Å²) in [5.74, 6) is 0.486. The van der Waals surface area contributed by atoms with Gasteiger partial charge in [0, 0.05) is 26.2 Å². The van der Waals surface area contributed by atoms with Crippen LogP contribution in [0.2, 0.25) is 0 Å². The highest BCUT2D eigenvalue weighted by Crippen LogP contribution is 2.14. The van der Waals surface area contributed by atoms with E-state index in [9.17, 15) is 13.2 Å². The van der Waals surface area contributed by atoms with Crippen LogP contribution in [0.25, 0.3) is 0 Å². The first kappa shape index (κ1) is 13.1. The molecule has 1 fully saturated rings. The lowest BCUT2D eigenvalue weighted by molar-refractivity contribution is 0.0696. The smallest absolute Gasteiger partial charge is 0.257 e. The van der Waals surface area contributed by atoms with Gasteiger partial charge in [0.2, 0.25) is 10.0 Å². The number of carbonyl (C=O) groups excluding carboxylic acids is 1. The van der Waals surface area contributed by atoms with E-state index in [0.29, 0.717) is 37.5 Å². The summed E-state index contributed by atoms with van der Waals surface area (Å²) in [4.78, 5) is 13.8. The van der Waals surface area contributed by atoms with Crippen LogP contribution in [0.5, 0.6) is 0 Å². The summed E-state index contributed by atoms with van der Waals surface area (Å²) in [7, 11) is -3.16. The summed E-state index contributed by atoms with van der Waals surface area (Å²) in [6.07, 6.45) is 2.67. The lowest BCUT2D eigenvalue weighted by atomic mass is 10.2. The number of hydrogen-bond acceptors (Lipinski definition) is 4. The minimum absolute atomic E-state index is 0.102. The number of furan rings is 1. The van der Waals surface area contributed by atoms with Gasteiger partial charge in [-0.05, 0) is 13.0 Å². The maximum atomic E-state index is 12.1. The van der Waals surface area contributed by atoms with Crippen molar-refractivity contribution in [3.05, 3.63) is 23.7 Å². The molecule has 100 valence electrons. The zero-order valence-electron chi connectivity index (χ0n) is 10.4. The van der Waals surface area contributed by atoms with Crippen molar-refractivity contribution in [1.29, 1.82) is 0 Å². The molecule has 0 bridgehead atoms. The van der Waals surface area contributed by atoms with Crippen LogP contribution >= 0.6 is 0 Å². The van der Waals surface area contributed by atoms with Crippen LogP contribution in [0.1, 0.15) is 16.1 Å². The Morgan fingerprint density at radius 2 is 1.89 bits per heavy atom. The molecule has 1 amide bonds. The number of rotatable bonds is 2. The summed E-state index contributed by atoms with van der Waals surface area (Å²) in [6.45, 7) is 3.26. The van der Waals surface area contributed by atoms with Crippen molar-refractivity contribution in [3.63, 3.8) is 0 Å². The molecular formula is C11H16N2O4S. The van der Waals surface area contributed by atoms with E-state index < -0.39 is 10.0 Å². The number of sulfonamides is 1. The van der Waals surface area contributed by atoms with Crippen molar-refractivity contribution in [2.24, 2.45) is 0 Å². The van der Waals surface area contributed by atoms with Gasteiger partial charge >= 0.3 is 0 Å². The average molecular weight is 272 g/mol. The molecular weight excluding hydrogens is 256 g/mol. The highest BCUT2D eigenvalue weighted by molar-refractivity contribution is 7.88. The van der Waals surface area contributed by atoms with E-state index in [0.717, 1.165) is 0 Å². The van der Waals surface area contributed by atoms with Crippen LogP contribution < -0.4 is 0 Å². The molecule has 1 aromatic rings. The Labute approximate surface area is 106 Å². The molecule has 1 saturated heterocycles. The molecule has 0 atom stereocenters. The minimum Gasteiger partial charge on any atom is -0.469 e. The standard InChI is InChI=1S/C11H16N2O4S/c1-9-10(3-8-17-9)11(14)12-4-6-13(7-5-12)18(2,15)16/h3,8H,4-7H2,1-2H3. The predicted molar refractivity (Wildman–Crippen MR) is 65.8 cm³/mol. The summed E-state index contributed by atoms with van der Waals surface area (Å²) in [6, 6.07) is 1.64. The zero-order chi connectivity index (χ0) is 13.3. The normalized spacial score (nSPS) is 18.0. The molecule has 1 aromatic heterocycles. The van der Waals surface area contributed by atoms with Gasteiger partial charge in [-0.1, -0.05) is 0 Å². The van der Waals surface area contributed by atoms with E-state index in [-0.39, 0.29) is 5.91 Å². The molecule has 6 nitrogen and oxygen atoms in total. The first-order valence-electron chi connectivity index (χ1n) is 5.68. The molecule has 1 aliphatic rings. The van der Waals surface area contributed by atoms with Gasteiger partial charge in [0.15, 0.2) is 0 Å². The minimum atomic E-state index is -3.16. The van der Waals surface area contributed by atoms with Gasteiger partial charge in [0.05, 0.1) is 18.1 Å². The van der Waals surface area contributed by atoms with E-state index >= 15 is 0 Å². The second-order valence-corrected chi connectivity index (χ2v) is 6.33. The van der Waals surface area contributed by atoms with Crippen molar-refractivity contribution >= 4 is 15.9 Å². The van der Waals surface area contributed by atoms with E-state index in [1.165, 1.54) is 16.8 Å². The monoisotopic (exact) mass is 272 g/mol. The molecule has 0 unspecified atom stereocenters. The third-order valence-electron chi connectivity index (χ3n) is 3.08. The van der Waals surface area contributed by atoms with E-state index in [1.807, 2.05) is 0 Å². The molecule has 0 spiro atoms. The SMILES string of the molecule is Cc1occc1C(=O)N1CCN(S(C)(=O)=O)CC1. The lowest BCUT2D eigenvalue weighted by Gasteiger charge is -2.33. The molecule has 2 rings (SSSR count). The number of hydrogen-bond donors (Lipinski definition) is 0. The second kappa shape index (κ2) is 4.74. The highest BCUT2D eigenvalue weighted by Gasteiger charge is 2.27. The summed E-state index contributed by atoms with van der Waals surface area (Å²) in [5, 5.41) is 0. The molecule has 7 heteroatoms. The van der Waals surface area contributed by atoms with Gasteiger partial charge < -0.3 is 9.32 Å². The first-order chi connectivity index (χ1) is 8.39. The number of aryl methyl sites for hydroxylation is 1. The van der Waals surface area contributed by atoms with Crippen LogP contribution in [0.3, 0.4) is 0 Å². The van der Waals surface area contributed by atoms with E-state index in [2.05, 4.69) is 0 Å². The Morgan fingerprint density at radius 1 is 1.28 bits per heavy atom. The van der Waals surface area contributed by atoms with Crippen LogP contribution in [-0.4, -0.2) is 56.0 Å². The Balaban J connectivity index is 2.03. The topological polar surface area (TPSA) is 70.8 Å². The van der Waals surface area contributed by atoms with Crippen molar-refractivity contribution in [2.75, 3.05) is 32.4 Å². The third-order valence-corrected chi connectivity index (χ3v) is 4.39. The van der Waals surface area contributed by atoms with Crippen LogP contribution in [0, 0.1) is 6.92 Å². The van der Waals surface area contributed by atoms with Gasteiger partial charge in [0.25, 0.3) is 5.91 Å². The van der Waals surface area contributed by atoms with Gasteiger partial charge in [-0.15, -0.1) is 0 Å². The number of piperazine rings is 1. The Morgan fingerprint density at radius 3 is 2.33 bits per heavy atom. The fraction of sp³-hybridized carbons (Fsp3) is 0.545. The summed E-state index contributed by atoms with van der Waals surface area (Å²) in [5.41, 5.74) is 0.544. The van der Waals surface area contributed by atoms with Crippen LogP contribution in [0.15, 0.2) is 16.7 Å². The van der Waals surface area contributed by atoms with Crippen LogP contribution in [0.4, 0.5) is 0 Å². The molecule has 0 radical (unpaired) electrons. The lowest BCUT2D eigenvalue weighted by Crippen LogP contribution is -2.50. The molecule has 0 saturated carbocycles. The summed E-state index contributed by atoms with van der Waals surface area (Å²) < 4.78 is 29.2. The molecule has 0 N–H and O–H groups in total. The van der Waals surface area contributed by atoms with E-state index in [4.69, 9.17) is 4.42 Å². The van der Waals surface area contributed by atoms with Crippen molar-refractivity contribution < 1.29 is 17.6 Å². The largest absolute Gasteiger partial charge is 0.469 e. The van der Waals surface area contributed by atoms with Gasteiger partial charge in [-0.2, -0.15) is 4.31 Å². The second-order valence-electron chi connectivity index (χ2n) is 4.34. The van der Waals surface area contributed by atoms with Gasteiger partial charge in [0.1, 0.15) is 5.76 Å². The van der Waals surface area contributed by atoms with E-state index in [1.54, 1.807) is 17.9 Å². The maximum Gasteiger partial charge on any atom is 0.257 e. The Kier molecular flexibility index (Phi) is 3.45. The molecule has 2 heterocycles. The number of nitrogens with zero attached hydrogens (tertiary/aromatic N) is 2. The Bertz CT molecular complexity index is 541. The third kappa shape index (κ3) is 2.56. The number of carbonyl (C=O) groups is 1. The fourth-order valence-corrected chi connectivity index (χ4v) is 2.83. The quantitative estimate of drug-likeness (QED) is 0.776. The molecule has 18 heavy (non-hydrogen) atoms. The molecule has 1 aliphatic heterocycles. The van der Waals surface area contributed by atoms with Crippen molar-refractivity contribution in [2.45, 2.75) is 6.92 Å². The first-order valence-corrected chi connectivity index (χ1v) is 7.53. The van der Waals surface area contributed by atoms with Crippen molar-refractivity contribution in [3.8, 4) is 0 Å². The molecule has 0 aromatic carbocycles. The van der Waals surface area contributed by atoms with Crippen molar-refractivity contribution in [1.82, 2.24) is 9.21 Å². The van der Waals surface area contributed by atoms with Crippen LogP contribution in [-0.2, 0) is 10.0 Å². The van der Waals surface area contributed by atoms with Gasteiger partial charge in [-0.25, -0.2) is 8.42 Å². The number of amides is 1. The fourth-order valence-electron chi connectivity index (χ4n) is 2.00. The zero-order valence-corrected chi connectivity index (χ0v) is 11.2. The highest BCUT2D eigenvalue weighted by atomic mass is 32.2. The van der Waals surface area contributed by atoms with Gasteiger partial charge in [-0.3, -0.25) is 4.79 Å². The summed E-state index contributed by atoms with van der Waals surface area (Å²) >= 11 is 0.